The molecule has 8 nitrogen and oxygen atoms in total. The Labute approximate surface area is 273 Å². The van der Waals surface area contributed by atoms with Gasteiger partial charge in [-0.2, -0.15) is 0 Å². The number of methoxy groups -OCH3 is 1. The molecule has 0 spiro atoms. The molecule has 0 heterocycles. The van der Waals surface area contributed by atoms with Crippen LogP contribution in [0.15, 0.2) is 108 Å². The number of carbonyl (C=O) groups excluding carboxylic acids is 2. The summed E-state index contributed by atoms with van der Waals surface area (Å²) in [6, 6.07) is 29.3. The zero-order chi connectivity index (χ0) is 33.3. The predicted octanol–water partition coefficient (Wildman–Crippen LogP) is 6.06. The molecule has 2 amide bonds. The molecule has 0 saturated heterocycles. The summed E-state index contributed by atoms with van der Waals surface area (Å²) in [5.74, 6) is -0.210. The van der Waals surface area contributed by atoms with E-state index in [-0.39, 0.29) is 29.8 Å². The maximum atomic E-state index is 14.6. The van der Waals surface area contributed by atoms with E-state index in [1.54, 1.807) is 37.4 Å². The molecule has 0 bridgehead atoms. The second kappa shape index (κ2) is 15.6. The molecule has 9 heteroatoms. The molecule has 4 rings (SSSR count). The fourth-order valence-electron chi connectivity index (χ4n) is 5.28. The summed E-state index contributed by atoms with van der Waals surface area (Å²) in [7, 11) is -2.60. The van der Waals surface area contributed by atoms with E-state index in [1.807, 2.05) is 88.4 Å². The van der Waals surface area contributed by atoms with Gasteiger partial charge >= 0.3 is 0 Å². The quantitative estimate of drug-likeness (QED) is 0.181. The summed E-state index contributed by atoms with van der Waals surface area (Å²) in [4.78, 5) is 30.2. The summed E-state index contributed by atoms with van der Waals surface area (Å²) in [5, 5.41) is 3.06. The molecule has 0 aliphatic heterocycles. The minimum Gasteiger partial charge on any atom is -0.497 e. The molecule has 0 radical (unpaired) electrons. The minimum atomic E-state index is -4.16. The molecule has 2 atom stereocenters. The Balaban J connectivity index is 1.83. The molecular weight excluding hydrogens is 598 g/mol. The molecule has 4 aromatic rings. The van der Waals surface area contributed by atoms with Crippen LogP contribution in [0.25, 0.3) is 0 Å². The van der Waals surface area contributed by atoms with E-state index in [2.05, 4.69) is 5.32 Å². The number of hydrogen-bond acceptors (Lipinski definition) is 5. The third-order valence-electron chi connectivity index (χ3n) is 7.99. The number of ether oxygens (including phenoxy) is 1. The number of rotatable bonds is 14. The van der Waals surface area contributed by atoms with Crippen LogP contribution >= 0.6 is 0 Å². The number of benzene rings is 4. The highest BCUT2D eigenvalue weighted by Crippen LogP contribution is 2.29. The summed E-state index contributed by atoms with van der Waals surface area (Å²) >= 11 is 0. The molecule has 0 aromatic heterocycles. The lowest BCUT2D eigenvalue weighted by Gasteiger charge is -2.34. The number of anilines is 1. The number of hydrogen-bond donors (Lipinski definition) is 1. The fourth-order valence-corrected chi connectivity index (χ4v) is 6.78. The Morgan fingerprint density at radius 2 is 1.50 bits per heavy atom. The Hall–Kier alpha value is -4.63. The van der Waals surface area contributed by atoms with Crippen molar-refractivity contribution in [1.29, 1.82) is 0 Å². The van der Waals surface area contributed by atoms with Crippen molar-refractivity contribution in [1.82, 2.24) is 10.2 Å². The number of nitrogens with one attached hydrogen (secondary N) is 1. The molecular formula is C37H43N3O5S. The van der Waals surface area contributed by atoms with Gasteiger partial charge in [-0.25, -0.2) is 8.42 Å². The molecule has 0 aliphatic rings. The maximum absolute atomic E-state index is 14.6. The first kappa shape index (κ1) is 34.2. The van der Waals surface area contributed by atoms with E-state index in [0.717, 1.165) is 21.0 Å². The number of nitrogens with zero attached hydrogens (tertiary/aromatic N) is 2. The van der Waals surface area contributed by atoms with Crippen LogP contribution in [-0.4, -0.2) is 50.9 Å². The van der Waals surface area contributed by atoms with Gasteiger partial charge in [-0.3, -0.25) is 13.9 Å². The van der Waals surface area contributed by atoms with Gasteiger partial charge in [0.05, 0.1) is 17.7 Å². The van der Waals surface area contributed by atoms with E-state index < -0.39 is 28.5 Å². The molecule has 0 aliphatic carbocycles. The zero-order valence-electron chi connectivity index (χ0n) is 27.1. The third-order valence-corrected chi connectivity index (χ3v) is 9.76. The Kier molecular flexibility index (Phi) is 11.6. The molecule has 4 aromatic carbocycles. The smallest absolute Gasteiger partial charge is 0.264 e. The van der Waals surface area contributed by atoms with Crippen LogP contribution in [0.2, 0.25) is 0 Å². The molecule has 1 N–H and O–H groups in total. The zero-order valence-corrected chi connectivity index (χ0v) is 28.0. The van der Waals surface area contributed by atoms with E-state index in [1.165, 1.54) is 17.0 Å². The summed E-state index contributed by atoms with van der Waals surface area (Å²) in [6.07, 6.45) is 0.956. The Bertz CT molecular complexity index is 1730. The van der Waals surface area contributed by atoms with Crippen molar-refractivity contribution >= 4 is 27.5 Å². The van der Waals surface area contributed by atoms with Crippen molar-refractivity contribution in [3.8, 4) is 5.75 Å². The van der Waals surface area contributed by atoms with Gasteiger partial charge < -0.3 is 15.0 Å². The highest BCUT2D eigenvalue weighted by Gasteiger charge is 2.35. The van der Waals surface area contributed by atoms with Gasteiger partial charge in [-0.15, -0.1) is 0 Å². The number of amides is 2. The molecule has 0 fully saturated rings. The van der Waals surface area contributed by atoms with Gasteiger partial charge in [0.25, 0.3) is 10.0 Å². The highest BCUT2D eigenvalue weighted by atomic mass is 32.2. The standard InChI is InChI=1S/C37H43N3O5S/c1-6-29(4)38-37(42)35(24-30-14-9-7-10-15-30)39(25-31-16-13-17-32(23-31)45-5)36(41)26-40(34-21-20-27(2)22-28(34)3)46(43,44)33-18-11-8-12-19-33/h7-23,29,35H,6,24-26H2,1-5H3,(H,38,42)/t29-,35-/m1/s1. The monoisotopic (exact) mass is 641 g/mol. The molecule has 0 saturated carbocycles. The third kappa shape index (κ3) is 8.54. The predicted molar refractivity (Wildman–Crippen MR) is 182 cm³/mol. The van der Waals surface area contributed by atoms with Gasteiger partial charge in [-0.05, 0) is 74.2 Å². The van der Waals surface area contributed by atoms with Crippen molar-refractivity contribution in [2.45, 2.75) is 64.1 Å². The summed E-state index contributed by atoms with van der Waals surface area (Å²) < 4.78 is 35.0. The average molecular weight is 642 g/mol. The van der Waals surface area contributed by atoms with Crippen molar-refractivity contribution < 1.29 is 22.7 Å². The first-order chi connectivity index (χ1) is 22.0. The van der Waals surface area contributed by atoms with E-state index in [4.69, 9.17) is 4.74 Å². The first-order valence-electron chi connectivity index (χ1n) is 15.4. The van der Waals surface area contributed by atoms with Crippen molar-refractivity contribution in [2.75, 3.05) is 18.0 Å². The number of sulfonamides is 1. The highest BCUT2D eigenvalue weighted by molar-refractivity contribution is 7.92. The second-order valence-corrected chi connectivity index (χ2v) is 13.4. The van der Waals surface area contributed by atoms with Crippen LogP contribution in [-0.2, 0) is 32.6 Å². The van der Waals surface area contributed by atoms with Gasteiger partial charge in [0.15, 0.2) is 0 Å². The van der Waals surface area contributed by atoms with E-state index in [9.17, 15) is 18.0 Å². The van der Waals surface area contributed by atoms with Gasteiger partial charge in [0.2, 0.25) is 11.8 Å². The number of aryl methyl sites for hydroxylation is 2. The molecule has 242 valence electrons. The van der Waals surface area contributed by atoms with Crippen LogP contribution < -0.4 is 14.4 Å². The van der Waals surface area contributed by atoms with E-state index in [0.29, 0.717) is 23.4 Å². The Morgan fingerprint density at radius 1 is 0.848 bits per heavy atom. The lowest BCUT2D eigenvalue weighted by molar-refractivity contribution is -0.140. The Morgan fingerprint density at radius 3 is 2.13 bits per heavy atom. The van der Waals surface area contributed by atoms with Crippen LogP contribution in [0.4, 0.5) is 5.69 Å². The second-order valence-electron chi connectivity index (χ2n) is 11.5. The summed E-state index contributed by atoms with van der Waals surface area (Å²) in [6.45, 7) is 7.21. The minimum absolute atomic E-state index is 0.0631. The van der Waals surface area contributed by atoms with Crippen LogP contribution in [0, 0.1) is 13.8 Å². The van der Waals surface area contributed by atoms with Gasteiger partial charge in [0.1, 0.15) is 18.3 Å². The fraction of sp³-hybridized carbons (Fsp3) is 0.297. The normalized spacial score (nSPS) is 12.5. The number of carbonyl (C=O) groups is 2. The maximum Gasteiger partial charge on any atom is 0.264 e. The van der Waals surface area contributed by atoms with Crippen LogP contribution in [0.5, 0.6) is 5.75 Å². The van der Waals surface area contributed by atoms with E-state index >= 15 is 0 Å². The average Bonchev–Trinajstić information content (AvgIpc) is 3.06. The lowest BCUT2D eigenvalue weighted by Crippen LogP contribution is -2.54. The lowest BCUT2D eigenvalue weighted by atomic mass is 10.0. The van der Waals surface area contributed by atoms with Crippen molar-refractivity contribution in [3.05, 3.63) is 125 Å². The van der Waals surface area contributed by atoms with Crippen molar-refractivity contribution in [3.63, 3.8) is 0 Å². The van der Waals surface area contributed by atoms with Crippen LogP contribution in [0.3, 0.4) is 0 Å². The molecule has 0 unspecified atom stereocenters. The largest absolute Gasteiger partial charge is 0.497 e. The first-order valence-corrected chi connectivity index (χ1v) is 16.9. The van der Waals surface area contributed by atoms with Crippen molar-refractivity contribution in [2.24, 2.45) is 0 Å². The summed E-state index contributed by atoms with van der Waals surface area (Å²) in [5.41, 5.74) is 3.69. The molecule has 46 heavy (non-hydrogen) atoms. The van der Waals surface area contributed by atoms with Crippen LogP contribution in [0.1, 0.15) is 42.5 Å². The topological polar surface area (TPSA) is 96.0 Å². The van der Waals surface area contributed by atoms with Gasteiger partial charge in [0, 0.05) is 19.0 Å². The van der Waals surface area contributed by atoms with Gasteiger partial charge in [-0.1, -0.05) is 85.3 Å². The SMILES string of the molecule is CC[C@@H](C)NC(=O)[C@@H](Cc1ccccc1)N(Cc1cccc(OC)c1)C(=O)CN(c1ccc(C)cc1C)S(=O)(=O)c1ccccc1.